The van der Waals surface area contributed by atoms with E-state index in [2.05, 4.69) is 15.3 Å². The van der Waals surface area contributed by atoms with Crippen LogP contribution in [0.25, 0.3) is 0 Å². The second kappa shape index (κ2) is 7.00. The predicted octanol–water partition coefficient (Wildman–Crippen LogP) is 1.56. The zero-order chi connectivity index (χ0) is 15.2. The molecule has 1 N–H and O–H groups in total. The normalized spacial score (nSPS) is 14.6. The number of hydrogen-bond acceptors (Lipinski definition) is 5. The largest absolute Gasteiger partial charge is 0.378 e. The molecule has 1 aromatic carbocycles. The van der Waals surface area contributed by atoms with Gasteiger partial charge < -0.3 is 15.0 Å². The highest BCUT2D eigenvalue weighted by Gasteiger charge is 2.19. The number of carbonyl (C=O) groups is 1. The highest BCUT2D eigenvalue weighted by Crippen LogP contribution is 2.08. The van der Waals surface area contributed by atoms with E-state index in [1.807, 2.05) is 30.3 Å². The van der Waals surface area contributed by atoms with Gasteiger partial charge in [-0.25, -0.2) is 9.97 Å². The van der Waals surface area contributed by atoms with Crippen LogP contribution in [-0.2, 0) is 11.3 Å². The van der Waals surface area contributed by atoms with Gasteiger partial charge in [0.05, 0.1) is 25.6 Å². The predicted molar refractivity (Wildman–Crippen MR) is 82.5 cm³/mol. The maximum atomic E-state index is 12.2. The Morgan fingerprint density at radius 1 is 1.14 bits per heavy atom. The molecule has 2 aromatic rings. The summed E-state index contributed by atoms with van der Waals surface area (Å²) < 4.78 is 5.24. The van der Waals surface area contributed by atoms with Gasteiger partial charge in [-0.15, -0.1) is 0 Å². The zero-order valence-corrected chi connectivity index (χ0v) is 12.2. The van der Waals surface area contributed by atoms with Crippen LogP contribution in [0.1, 0.15) is 16.1 Å². The Morgan fingerprint density at radius 2 is 1.91 bits per heavy atom. The third kappa shape index (κ3) is 3.59. The van der Waals surface area contributed by atoms with E-state index >= 15 is 0 Å². The van der Waals surface area contributed by atoms with Crippen molar-refractivity contribution >= 4 is 11.7 Å². The molecule has 1 aliphatic heterocycles. The van der Waals surface area contributed by atoms with Gasteiger partial charge in [0.2, 0.25) is 0 Å². The average Bonchev–Trinajstić information content (AvgIpc) is 2.61. The molecule has 0 spiro atoms. The van der Waals surface area contributed by atoms with Crippen molar-refractivity contribution in [3.63, 3.8) is 0 Å². The molecule has 1 fully saturated rings. The van der Waals surface area contributed by atoms with Crippen molar-refractivity contribution in [3.05, 3.63) is 54.0 Å². The van der Waals surface area contributed by atoms with Crippen molar-refractivity contribution in [2.45, 2.75) is 6.54 Å². The highest BCUT2D eigenvalue weighted by atomic mass is 16.5. The van der Waals surface area contributed by atoms with Crippen LogP contribution in [0, 0.1) is 0 Å². The minimum absolute atomic E-state index is 0.0922. The maximum absolute atomic E-state index is 12.2. The Morgan fingerprint density at radius 3 is 2.59 bits per heavy atom. The number of nitrogens with one attached hydrogen (secondary N) is 1. The highest BCUT2D eigenvalue weighted by molar-refractivity contribution is 5.92. The van der Waals surface area contributed by atoms with E-state index in [1.54, 1.807) is 11.1 Å². The van der Waals surface area contributed by atoms with Gasteiger partial charge in [-0.2, -0.15) is 0 Å². The zero-order valence-electron chi connectivity index (χ0n) is 12.2. The first-order valence-corrected chi connectivity index (χ1v) is 7.30. The molecule has 0 radical (unpaired) electrons. The number of hydrogen-bond donors (Lipinski definition) is 1. The van der Waals surface area contributed by atoms with E-state index < -0.39 is 0 Å². The van der Waals surface area contributed by atoms with Crippen LogP contribution in [0.4, 0.5) is 5.82 Å². The number of morpholine rings is 1. The fraction of sp³-hybridized carbons (Fsp3) is 0.312. The first-order chi connectivity index (χ1) is 10.8. The molecule has 0 saturated carbocycles. The monoisotopic (exact) mass is 298 g/mol. The topological polar surface area (TPSA) is 67.4 Å². The second-order valence-electron chi connectivity index (χ2n) is 5.03. The quantitative estimate of drug-likeness (QED) is 0.928. The number of ether oxygens (including phenoxy) is 1. The molecule has 114 valence electrons. The molecule has 1 aliphatic rings. The molecule has 1 aromatic heterocycles. The van der Waals surface area contributed by atoms with Gasteiger partial charge in [-0.1, -0.05) is 30.3 Å². The first-order valence-electron chi connectivity index (χ1n) is 7.30. The van der Waals surface area contributed by atoms with Crippen molar-refractivity contribution in [1.82, 2.24) is 14.9 Å². The number of carbonyl (C=O) groups excluding carboxylic acids is 1. The number of amides is 1. The van der Waals surface area contributed by atoms with Crippen LogP contribution in [0.3, 0.4) is 0 Å². The van der Waals surface area contributed by atoms with Gasteiger partial charge in [-0.3, -0.25) is 4.79 Å². The number of aromatic nitrogens is 2. The van der Waals surface area contributed by atoms with Crippen LogP contribution >= 0.6 is 0 Å². The van der Waals surface area contributed by atoms with Gasteiger partial charge in [0.25, 0.3) is 5.91 Å². The van der Waals surface area contributed by atoms with Gasteiger partial charge >= 0.3 is 0 Å². The van der Waals surface area contributed by atoms with Crippen LogP contribution in [0.5, 0.6) is 0 Å². The van der Waals surface area contributed by atoms with Gasteiger partial charge in [0.1, 0.15) is 11.5 Å². The Bertz CT molecular complexity index is 610. The van der Waals surface area contributed by atoms with Crippen LogP contribution in [0.2, 0.25) is 0 Å². The van der Waals surface area contributed by atoms with Crippen molar-refractivity contribution in [2.75, 3.05) is 31.6 Å². The smallest absolute Gasteiger partial charge is 0.274 e. The van der Waals surface area contributed by atoms with Crippen molar-refractivity contribution < 1.29 is 9.53 Å². The van der Waals surface area contributed by atoms with E-state index in [-0.39, 0.29) is 5.91 Å². The third-order valence-electron chi connectivity index (χ3n) is 3.49. The van der Waals surface area contributed by atoms with Crippen LogP contribution in [0.15, 0.2) is 42.7 Å². The molecule has 1 saturated heterocycles. The Labute approximate surface area is 129 Å². The Kier molecular flexibility index (Phi) is 4.60. The summed E-state index contributed by atoms with van der Waals surface area (Å²) in [5, 5.41) is 3.19. The molecular formula is C16H18N4O2. The number of anilines is 1. The molecule has 0 aliphatic carbocycles. The van der Waals surface area contributed by atoms with Crippen LogP contribution < -0.4 is 5.32 Å². The second-order valence-corrected chi connectivity index (χ2v) is 5.03. The van der Waals surface area contributed by atoms with Crippen molar-refractivity contribution in [2.24, 2.45) is 0 Å². The first kappa shape index (κ1) is 14.5. The van der Waals surface area contributed by atoms with Crippen LogP contribution in [-0.4, -0.2) is 47.1 Å². The SMILES string of the molecule is O=C(c1cnc(NCc2ccccc2)cn1)N1CCOCC1. The minimum atomic E-state index is -0.0922. The molecule has 0 bridgehead atoms. The summed E-state index contributed by atoms with van der Waals surface area (Å²) in [6.45, 7) is 3.04. The summed E-state index contributed by atoms with van der Waals surface area (Å²) in [6.07, 6.45) is 3.11. The summed E-state index contributed by atoms with van der Waals surface area (Å²) >= 11 is 0. The van der Waals surface area contributed by atoms with Gasteiger partial charge in [-0.05, 0) is 5.56 Å². The fourth-order valence-electron chi connectivity index (χ4n) is 2.25. The maximum Gasteiger partial charge on any atom is 0.274 e. The average molecular weight is 298 g/mol. The van der Waals surface area contributed by atoms with E-state index in [0.29, 0.717) is 44.4 Å². The summed E-state index contributed by atoms with van der Waals surface area (Å²) in [7, 11) is 0. The summed E-state index contributed by atoms with van der Waals surface area (Å²) in [6, 6.07) is 10.0. The van der Waals surface area contributed by atoms with E-state index in [9.17, 15) is 4.79 Å². The Balaban J connectivity index is 1.59. The summed E-state index contributed by atoms with van der Waals surface area (Å²) in [5.74, 6) is 0.563. The standard InChI is InChI=1S/C16H18N4O2/c21-16(20-6-8-22-9-7-20)14-11-19-15(12-17-14)18-10-13-4-2-1-3-5-13/h1-5,11-12H,6-10H2,(H,18,19). The molecule has 0 atom stereocenters. The number of nitrogens with zero attached hydrogens (tertiary/aromatic N) is 3. The lowest BCUT2D eigenvalue weighted by Gasteiger charge is -2.26. The molecule has 2 heterocycles. The molecule has 0 unspecified atom stereocenters. The summed E-state index contributed by atoms with van der Waals surface area (Å²) in [5.41, 5.74) is 1.53. The summed E-state index contributed by atoms with van der Waals surface area (Å²) in [4.78, 5) is 22.4. The molecule has 6 nitrogen and oxygen atoms in total. The van der Waals surface area contributed by atoms with Gasteiger partial charge in [0.15, 0.2) is 0 Å². The molecular weight excluding hydrogens is 280 g/mol. The lowest BCUT2D eigenvalue weighted by molar-refractivity contribution is 0.0298. The van der Waals surface area contributed by atoms with Gasteiger partial charge in [0, 0.05) is 19.6 Å². The lowest BCUT2D eigenvalue weighted by Crippen LogP contribution is -2.41. The molecule has 22 heavy (non-hydrogen) atoms. The molecule has 6 heteroatoms. The van der Waals surface area contributed by atoms with Crippen molar-refractivity contribution in [1.29, 1.82) is 0 Å². The van der Waals surface area contributed by atoms with E-state index in [4.69, 9.17) is 4.74 Å². The lowest BCUT2D eigenvalue weighted by atomic mass is 10.2. The number of benzene rings is 1. The van der Waals surface area contributed by atoms with Crippen molar-refractivity contribution in [3.8, 4) is 0 Å². The fourth-order valence-corrected chi connectivity index (χ4v) is 2.25. The Hall–Kier alpha value is -2.47. The molecule has 1 amide bonds. The molecule has 3 rings (SSSR count). The van der Waals surface area contributed by atoms with E-state index in [1.165, 1.54) is 6.20 Å². The number of rotatable bonds is 4. The van der Waals surface area contributed by atoms with E-state index in [0.717, 1.165) is 5.56 Å². The minimum Gasteiger partial charge on any atom is -0.378 e. The third-order valence-corrected chi connectivity index (χ3v) is 3.49.